The predicted molar refractivity (Wildman–Crippen MR) is 104 cm³/mol. The van der Waals surface area contributed by atoms with Crippen molar-refractivity contribution in [1.29, 1.82) is 0 Å². The van der Waals surface area contributed by atoms with Crippen molar-refractivity contribution in [3.8, 4) is 0 Å². The van der Waals surface area contributed by atoms with E-state index in [1.54, 1.807) is 24.3 Å². The zero-order valence-electron chi connectivity index (χ0n) is 15.6. The summed E-state index contributed by atoms with van der Waals surface area (Å²) in [6.45, 7) is 1.38. The van der Waals surface area contributed by atoms with E-state index in [1.165, 1.54) is 16.4 Å². The van der Waals surface area contributed by atoms with Crippen molar-refractivity contribution >= 4 is 27.6 Å². The van der Waals surface area contributed by atoms with Gasteiger partial charge in [0.05, 0.1) is 31.1 Å². The first-order valence-electron chi connectivity index (χ1n) is 9.10. The highest BCUT2D eigenvalue weighted by atomic mass is 32.2. The Labute approximate surface area is 168 Å². The molecule has 0 radical (unpaired) electrons. The minimum absolute atomic E-state index is 0.0395. The van der Waals surface area contributed by atoms with Crippen LogP contribution in [0.5, 0.6) is 0 Å². The first kappa shape index (κ1) is 20.9. The van der Waals surface area contributed by atoms with Crippen LogP contribution in [0.2, 0.25) is 0 Å². The molecule has 1 fully saturated rings. The molecule has 0 spiro atoms. The van der Waals surface area contributed by atoms with Crippen LogP contribution in [0.15, 0.2) is 59.5 Å². The molecule has 1 saturated heterocycles. The molecule has 3 rings (SSSR count). The smallest absolute Gasteiger partial charge is 0.325 e. The maximum atomic E-state index is 13.0. The summed E-state index contributed by atoms with van der Waals surface area (Å²) < 4.78 is 39.6. The van der Waals surface area contributed by atoms with Crippen LogP contribution in [0.4, 0.5) is 14.9 Å². The Morgan fingerprint density at radius 1 is 1.00 bits per heavy atom. The minimum Gasteiger partial charge on any atom is -0.325 e. The third-order valence-electron chi connectivity index (χ3n) is 4.58. The molecule has 3 N–H and O–H groups in total. The number of nitrogens with one attached hydrogen (secondary N) is 3. The maximum absolute atomic E-state index is 13.0. The molecule has 8 nitrogen and oxygen atoms in total. The Morgan fingerprint density at radius 2 is 1.62 bits per heavy atom. The summed E-state index contributed by atoms with van der Waals surface area (Å²) in [5, 5.41) is 4.84. The molecule has 3 amide bonds. The van der Waals surface area contributed by atoms with E-state index in [2.05, 4.69) is 10.6 Å². The number of hydrogen-bond acceptors (Lipinski definition) is 4. The third-order valence-corrected chi connectivity index (χ3v) is 6.49. The summed E-state index contributed by atoms with van der Waals surface area (Å²) in [5.41, 5.74) is 0.574. The first-order valence-corrected chi connectivity index (χ1v) is 10.5. The van der Waals surface area contributed by atoms with E-state index >= 15 is 0 Å². The summed E-state index contributed by atoms with van der Waals surface area (Å²) in [4.78, 5) is 24.9. The average Bonchev–Trinajstić information content (AvgIpc) is 2.69. The lowest BCUT2D eigenvalue weighted by atomic mass is 10.3. The lowest BCUT2D eigenvalue weighted by molar-refractivity contribution is -0.895. The lowest BCUT2D eigenvalue weighted by Crippen LogP contribution is -3.15. The van der Waals surface area contributed by atoms with E-state index in [4.69, 9.17) is 0 Å². The SMILES string of the molecule is O=C(C[NH+]1CCN(S(=O)(=O)c2ccc(F)cc2)CC1)NC(=O)Nc1ccccc1. The number of carbonyl (C=O) groups is 2. The number of benzene rings is 2. The van der Waals surface area contributed by atoms with Gasteiger partial charge in [0.2, 0.25) is 10.0 Å². The fourth-order valence-corrected chi connectivity index (χ4v) is 4.50. The van der Waals surface area contributed by atoms with Gasteiger partial charge in [-0.1, -0.05) is 18.2 Å². The second-order valence-electron chi connectivity index (χ2n) is 6.65. The van der Waals surface area contributed by atoms with E-state index in [0.29, 0.717) is 18.8 Å². The van der Waals surface area contributed by atoms with E-state index in [0.717, 1.165) is 17.0 Å². The second-order valence-corrected chi connectivity index (χ2v) is 8.59. The molecule has 10 heteroatoms. The Balaban J connectivity index is 1.47. The molecule has 0 atom stereocenters. The van der Waals surface area contributed by atoms with Crippen molar-refractivity contribution in [3.63, 3.8) is 0 Å². The summed E-state index contributed by atoms with van der Waals surface area (Å²) in [7, 11) is -3.70. The maximum Gasteiger partial charge on any atom is 0.326 e. The molecule has 0 saturated carbocycles. The highest BCUT2D eigenvalue weighted by molar-refractivity contribution is 7.89. The monoisotopic (exact) mass is 421 g/mol. The van der Waals surface area contributed by atoms with Gasteiger partial charge in [-0.15, -0.1) is 0 Å². The molecule has 0 bridgehead atoms. The second kappa shape index (κ2) is 9.12. The standard InChI is InChI=1S/C19H21FN4O4S/c20-15-6-8-17(9-7-15)29(27,28)24-12-10-23(11-13-24)14-18(25)22-19(26)21-16-4-2-1-3-5-16/h1-9H,10-14H2,(H2,21,22,25,26)/p+1. The zero-order valence-corrected chi connectivity index (χ0v) is 16.4. The van der Waals surface area contributed by atoms with Crippen molar-refractivity contribution in [2.45, 2.75) is 4.90 Å². The number of carbonyl (C=O) groups excluding carboxylic acids is 2. The number of imide groups is 1. The fourth-order valence-electron chi connectivity index (χ4n) is 3.06. The average molecular weight is 421 g/mol. The van der Waals surface area contributed by atoms with Crippen LogP contribution < -0.4 is 15.5 Å². The Kier molecular flexibility index (Phi) is 6.57. The first-order chi connectivity index (χ1) is 13.8. The van der Waals surface area contributed by atoms with Gasteiger partial charge in [0.15, 0.2) is 6.54 Å². The molecule has 1 heterocycles. The number of halogens is 1. The summed E-state index contributed by atoms with van der Waals surface area (Å²) in [5.74, 6) is -0.941. The van der Waals surface area contributed by atoms with E-state index in [-0.39, 0.29) is 24.5 Å². The molecule has 0 unspecified atom stereocenters. The molecule has 2 aromatic rings. The normalized spacial score (nSPS) is 15.6. The van der Waals surface area contributed by atoms with Gasteiger partial charge in [-0.25, -0.2) is 17.6 Å². The van der Waals surface area contributed by atoms with Gasteiger partial charge >= 0.3 is 6.03 Å². The van der Waals surface area contributed by atoms with Crippen LogP contribution in [0.25, 0.3) is 0 Å². The number of sulfonamides is 1. The number of urea groups is 1. The van der Waals surface area contributed by atoms with Gasteiger partial charge in [-0.3, -0.25) is 10.1 Å². The quantitative estimate of drug-likeness (QED) is 0.636. The van der Waals surface area contributed by atoms with Crippen molar-refractivity contribution < 1.29 is 27.3 Å². The summed E-state index contributed by atoms with van der Waals surface area (Å²) >= 11 is 0. The van der Waals surface area contributed by atoms with Crippen molar-refractivity contribution in [1.82, 2.24) is 9.62 Å². The van der Waals surface area contributed by atoms with Crippen LogP contribution in [-0.4, -0.2) is 57.4 Å². The highest BCUT2D eigenvalue weighted by Gasteiger charge is 2.31. The molecule has 0 aromatic heterocycles. The molecule has 1 aliphatic rings. The van der Waals surface area contributed by atoms with Crippen molar-refractivity contribution in [3.05, 3.63) is 60.4 Å². The van der Waals surface area contributed by atoms with Crippen molar-refractivity contribution in [2.24, 2.45) is 0 Å². The van der Waals surface area contributed by atoms with E-state index in [1.807, 2.05) is 6.07 Å². The third kappa shape index (κ3) is 5.59. The number of quaternary nitrogens is 1. The number of para-hydroxylation sites is 1. The Bertz CT molecular complexity index is 959. The van der Waals surface area contributed by atoms with E-state index in [9.17, 15) is 22.4 Å². The number of nitrogens with zero attached hydrogens (tertiary/aromatic N) is 1. The molecule has 0 aliphatic carbocycles. The minimum atomic E-state index is -3.70. The van der Waals surface area contributed by atoms with Gasteiger partial charge in [0.1, 0.15) is 5.82 Å². The van der Waals surface area contributed by atoms with Gasteiger partial charge in [0.25, 0.3) is 5.91 Å². The van der Waals surface area contributed by atoms with Crippen LogP contribution in [-0.2, 0) is 14.8 Å². The van der Waals surface area contributed by atoms with Crippen LogP contribution in [0.1, 0.15) is 0 Å². The Hall–Kier alpha value is -2.82. The van der Waals surface area contributed by atoms with Gasteiger partial charge in [-0.2, -0.15) is 4.31 Å². The van der Waals surface area contributed by atoms with Crippen molar-refractivity contribution in [2.75, 3.05) is 38.0 Å². The number of hydrogen-bond donors (Lipinski definition) is 3. The largest absolute Gasteiger partial charge is 0.326 e. The number of rotatable bonds is 5. The van der Waals surface area contributed by atoms with Crippen LogP contribution >= 0.6 is 0 Å². The molecule has 1 aliphatic heterocycles. The number of anilines is 1. The molecule has 154 valence electrons. The highest BCUT2D eigenvalue weighted by Crippen LogP contribution is 2.16. The number of piperazine rings is 1. The topological polar surface area (TPSA) is 100 Å². The predicted octanol–water partition coefficient (Wildman–Crippen LogP) is 0.0632. The van der Waals surface area contributed by atoms with Gasteiger partial charge in [0, 0.05) is 5.69 Å². The molecule has 2 aromatic carbocycles. The van der Waals surface area contributed by atoms with Gasteiger partial charge < -0.3 is 10.2 Å². The Morgan fingerprint density at radius 3 is 2.24 bits per heavy atom. The molecule has 29 heavy (non-hydrogen) atoms. The van der Waals surface area contributed by atoms with Crippen LogP contribution in [0, 0.1) is 5.82 Å². The lowest BCUT2D eigenvalue weighted by Gasteiger charge is -2.31. The molecular formula is C19H22FN4O4S+. The van der Waals surface area contributed by atoms with E-state index < -0.39 is 27.8 Å². The van der Waals surface area contributed by atoms with Gasteiger partial charge in [-0.05, 0) is 36.4 Å². The summed E-state index contributed by atoms with van der Waals surface area (Å²) in [6, 6.07) is 12.8. The zero-order chi connectivity index (χ0) is 20.9. The molecular weight excluding hydrogens is 399 g/mol. The number of amides is 3. The van der Waals surface area contributed by atoms with Crippen LogP contribution in [0.3, 0.4) is 0 Å². The summed E-state index contributed by atoms with van der Waals surface area (Å²) in [6.07, 6.45) is 0. The fraction of sp³-hybridized carbons (Fsp3) is 0.263.